The van der Waals surface area contributed by atoms with Gasteiger partial charge in [-0.05, 0) is 43.2 Å². The molecule has 2 rings (SSSR count). The highest BCUT2D eigenvalue weighted by atomic mass is 16.1. The van der Waals surface area contributed by atoms with Crippen molar-refractivity contribution in [3.8, 4) is 0 Å². The summed E-state index contributed by atoms with van der Waals surface area (Å²) in [5, 5.41) is 3.42. The van der Waals surface area contributed by atoms with E-state index >= 15 is 0 Å². The Morgan fingerprint density at radius 2 is 1.87 bits per heavy atom. The molecule has 2 aliphatic rings. The van der Waals surface area contributed by atoms with Crippen molar-refractivity contribution in [3.05, 3.63) is 0 Å². The summed E-state index contributed by atoms with van der Waals surface area (Å²) in [7, 11) is 0. The van der Waals surface area contributed by atoms with Crippen molar-refractivity contribution in [2.24, 2.45) is 29.6 Å². The van der Waals surface area contributed by atoms with Crippen LogP contribution in [-0.2, 0) is 4.79 Å². The number of hydrogen-bond donors (Lipinski definition) is 1. The summed E-state index contributed by atoms with van der Waals surface area (Å²) in [6.07, 6.45) is 2.05. The highest BCUT2D eigenvalue weighted by Gasteiger charge is 2.47. The van der Waals surface area contributed by atoms with Gasteiger partial charge in [-0.2, -0.15) is 0 Å². The van der Waals surface area contributed by atoms with Crippen molar-refractivity contribution in [3.63, 3.8) is 0 Å². The van der Waals surface area contributed by atoms with E-state index in [4.69, 9.17) is 0 Å². The minimum atomic E-state index is 0.391. The van der Waals surface area contributed by atoms with Crippen LogP contribution < -0.4 is 5.32 Å². The highest BCUT2D eigenvalue weighted by Crippen LogP contribution is 2.47. The summed E-state index contributed by atoms with van der Waals surface area (Å²) < 4.78 is 0. The van der Waals surface area contributed by atoms with Crippen LogP contribution in [0.1, 0.15) is 33.6 Å². The molecule has 1 aliphatic heterocycles. The first-order valence-electron chi connectivity index (χ1n) is 6.33. The molecule has 1 saturated carbocycles. The lowest BCUT2D eigenvalue weighted by atomic mass is 9.87. The van der Waals surface area contributed by atoms with Crippen LogP contribution in [0.2, 0.25) is 0 Å². The Morgan fingerprint density at radius 3 is 2.40 bits per heavy atom. The summed E-state index contributed by atoms with van der Waals surface area (Å²) in [6.45, 7) is 8.85. The van der Waals surface area contributed by atoms with E-state index in [2.05, 4.69) is 26.1 Å². The van der Waals surface area contributed by atoms with E-state index in [9.17, 15) is 4.79 Å². The largest absolute Gasteiger partial charge is 0.316 e. The van der Waals surface area contributed by atoms with Gasteiger partial charge in [-0.15, -0.1) is 0 Å². The smallest absolute Gasteiger partial charge is 0.136 e. The average Bonchev–Trinajstić information content (AvgIpc) is 2.74. The second-order valence-electron chi connectivity index (χ2n) is 5.78. The van der Waals surface area contributed by atoms with Gasteiger partial charge in [0.2, 0.25) is 0 Å². The summed E-state index contributed by atoms with van der Waals surface area (Å²) in [6, 6.07) is 0. The quantitative estimate of drug-likeness (QED) is 0.771. The summed E-state index contributed by atoms with van der Waals surface area (Å²) >= 11 is 0. The van der Waals surface area contributed by atoms with Crippen molar-refractivity contribution in [1.29, 1.82) is 0 Å². The van der Waals surface area contributed by atoms with Crippen LogP contribution in [0.5, 0.6) is 0 Å². The number of Topliss-reactive ketones (excluding diaryl/α,β-unsaturated/α-hetero) is 1. The van der Waals surface area contributed by atoms with Crippen LogP contribution in [0, 0.1) is 29.6 Å². The normalized spacial score (nSPS) is 45.1. The molecule has 2 heteroatoms. The standard InChI is InChI=1S/C13H23NO/c1-8-4-11(7-14-6-8)5-12(15)13-9(2)10(13)3/h8-11,13-14H,4-7H2,1-3H3/t8?,9-,10+,11?,13?. The van der Waals surface area contributed by atoms with E-state index in [0.717, 1.165) is 25.4 Å². The second-order valence-corrected chi connectivity index (χ2v) is 5.78. The predicted molar refractivity (Wildman–Crippen MR) is 61.6 cm³/mol. The van der Waals surface area contributed by atoms with E-state index in [1.54, 1.807) is 0 Å². The van der Waals surface area contributed by atoms with Crippen molar-refractivity contribution in [2.45, 2.75) is 33.6 Å². The third-order valence-electron chi connectivity index (χ3n) is 4.34. The summed E-state index contributed by atoms with van der Waals surface area (Å²) in [5.41, 5.74) is 0. The average molecular weight is 209 g/mol. The first kappa shape index (κ1) is 11.1. The molecule has 0 aromatic carbocycles. The molecule has 0 amide bonds. The van der Waals surface area contributed by atoms with Gasteiger partial charge in [0, 0.05) is 12.3 Å². The molecule has 1 N–H and O–H groups in total. The first-order chi connectivity index (χ1) is 7.09. The molecule has 1 saturated heterocycles. The molecule has 2 nitrogen and oxygen atoms in total. The van der Waals surface area contributed by atoms with E-state index < -0.39 is 0 Å². The van der Waals surface area contributed by atoms with E-state index in [1.807, 2.05) is 0 Å². The van der Waals surface area contributed by atoms with E-state index in [0.29, 0.717) is 29.5 Å². The van der Waals surface area contributed by atoms with Gasteiger partial charge in [0.15, 0.2) is 0 Å². The lowest BCUT2D eigenvalue weighted by Gasteiger charge is -2.27. The maximum atomic E-state index is 12.0. The Bertz CT molecular complexity index is 243. The molecule has 1 heterocycles. The first-order valence-corrected chi connectivity index (χ1v) is 6.33. The number of hydrogen-bond acceptors (Lipinski definition) is 2. The van der Waals surface area contributed by atoms with Gasteiger partial charge in [0.1, 0.15) is 5.78 Å². The van der Waals surface area contributed by atoms with Gasteiger partial charge in [0.25, 0.3) is 0 Å². The minimum absolute atomic E-state index is 0.391. The van der Waals surface area contributed by atoms with Gasteiger partial charge in [-0.1, -0.05) is 20.8 Å². The summed E-state index contributed by atoms with van der Waals surface area (Å²) in [4.78, 5) is 12.0. The van der Waals surface area contributed by atoms with Crippen LogP contribution >= 0.6 is 0 Å². The Kier molecular flexibility index (Phi) is 3.15. The SMILES string of the molecule is CC1CNCC(CC(=O)C2[C@@H](C)[C@H]2C)C1. The number of piperidine rings is 1. The molecule has 86 valence electrons. The van der Waals surface area contributed by atoms with Crippen LogP contribution in [0.15, 0.2) is 0 Å². The number of carbonyl (C=O) groups excluding carboxylic acids is 1. The van der Waals surface area contributed by atoms with Gasteiger partial charge in [-0.25, -0.2) is 0 Å². The fourth-order valence-corrected chi connectivity index (χ4v) is 3.09. The van der Waals surface area contributed by atoms with Crippen molar-refractivity contribution in [2.75, 3.05) is 13.1 Å². The lowest BCUT2D eigenvalue weighted by molar-refractivity contribution is -0.121. The van der Waals surface area contributed by atoms with Crippen molar-refractivity contribution < 1.29 is 4.79 Å². The Balaban J connectivity index is 1.79. The Labute approximate surface area is 92.8 Å². The third kappa shape index (κ3) is 2.41. The molecule has 3 unspecified atom stereocenters. The molecule has 1 aliphatic carbocycles. The maximum absolute atomic E-state index is 12.0. The van der Waals surface area contributed by atoms with Crippen molar-refractivity contribution in [1.82, 2.24) is 5.32 Å². The zero-order valence-corrected chi connectivity index (χ0v) is 10.1. The minimum Gasteiger partial charge on any atom is -0.316 e. The molecule has 0 radical (unpaired) electrons. The number of nitrogens with one attached hydrogen (secondary N) is 1. The Hall–Kier alpha value is -0.370. The highest BCUT2D eigenvalue weighted by molar-refractivity contribution is 5.84. The fraction of sp³-hybridized carbons (Fsp3) is 0.923. The molecule has 2 fully saturated rings. The van der Waals surface area contributed by atoms with Crippen molar-refractivity contribution >= 4 is 5.78 Å². The molecular weight excluding hydrogens is 186 g/mol. The van der Waals surface area contributed by atoms with Gasteiger partial charge >= 0.3 is 0 Å². The molecule has 0 aromatic rings. The fourth-order valence-electron chi connectivity index (χ4n) is 3.09. The number of rotatable bonds is 3. The van der Waals surface area contributed by atoms with Crippen LogP contribution in [0.3, 0.4) is 0 Å². The molecule has 0 aromatic heterocycles. The molecule has 0 bridgehead atoms. The van der Waals surface area contributed by atoms with Crippen LogP contribution in [0.25, 0.3) is 0 Å². The zero-order valence-electron chi connectivity index (χ0n) is 10.1. The number of carbonyl (C=O) groups is 1. The monoisotopic (exact) mass is 209 g/mol. The predicted octanol–water partition coefficient (Wildman–Crippen LogP) is 2.09. The zero-order chi connectivity index (χ0) is 11.0. The summed E-state index contributed by atoms with van der Waals surface area (Å²) in [5.74, 6) is 3.54. The second kappa shape index (κ2) is 4.25. The molecule has 0 spiro atoms. The maximum Gasteiger partial charge on any atom is 0.136 e. The van der Waals surface area contributed by atoms with Crippen LogP contribution in [0.4, 0.5) is 0 Å². The Morgan fingerprint density at radius 1 is 1.20 bits per heavy atom. The van der Waals surface area contributed by atoms with E-state index in [1.165, 1.54) is 6.42 Å². The van der Waals surface area contributed by atoms with E-state index in [-0.39, 0.29) is 0 Å². The molecular formula is C13H23NO. The molecule has 5 atom stereocenters. The molecule has 15 heavy (non-hydrogen) atoms. The van der Waals surface area contributed by atoms with Gasteiger partial charge in [0.05, 0.1) is 0 Å². The number of ketones is 1. The van der Waals surface area contributed by atoms with Crippen LogP contribution in [-0.4, -0.2) is 18.9 Å². The lowest BCUT2D eigenvalue weighted by Crippen LogP contribution is -2.36. The topological polar surface area (TPSA) is 29.1 Å². The van der Waals surface area contributed by atoms with Gasteiger partial charge < -0.3 is 5.32 Å². The third-order valence-corrected chi connectivity index (χ3v) is 4.34. The van der Waals surface area contributed by atoms with Gasteiger partial charge in [-0.3, -0.25) is 4.79 Å².